The third-order valence-electron chi connectivity index (χ3n) is 4.36. The topological polar surface area (TPSA) is 15.3 Å². The van der Waals surface area contributed by atoms with Crippen LogP contribution in [0.2, 0.25) is 0 Å². The van der Waals surface area contributed by atoms with Crippen LogP contribution in [0.25, 0.3) is 0 Å². The van der Waals surface area contributed by atoms with Crippen molar-refractivity contribution < 1.29 is 0 Å². The second kappa shape index (κ2) is 7.80. The van der Waals surface area contributed by atoms with Gasteiger partial charge in [0.2, 0.25) is 0 Å². The maximum absolute atomic E-state index is 3.57. The number of nitrogens with one attached hydrogen (secondary N) is 1. The van der Waals surface area contributed by atoms with Crippen LogP contribution in [0.5, 0.6) is 0 Å². The molecule has 0 atom stereocenters. The molecule has 0 unspecified atom stereocenters. The fraction of sp³-hybridized carbons (Fsp3) is 0.667. The van der Waals surface area contributed by atoms with E-state index in [1.807, 2.05) is 0 Å². The Hall–Kier alpha value is -0.860. The summed E-state index contributed by atoms with van der Waals surface area (Å²) in [5.74, 6) is 0.871. The lowest BCUT2D eigenvalue weighted by atomic mass is 9.96. The van der Waals surface area contributed by atoms with Crippen molar-refractivity contribution in [2.24, 2.45) is 5.92 Å². The van der Waals surface area contributed by atoms with Gasteiger partial charge in [0.1, 0.15) is 0 Å². The molecule has 0 spiro atoms. The third-order valence-corrected chi connectivity index (χ3v) is 4.36. The molecule has 0 aromatic heterocycles. The molecule has 1 aliphatic heterocycles. The van der Waals surface area contributed by atoms with Crippen molar-refractivity contribution in [3.63, 3.8) is 0 Å². The van der Waals surface area contributed by atoms with E-state index in [-0.39, 0.29) is 0 Å². The zero-order valence-electron chi connectivity index (χ0n) is 13.4. The first-order chi connectivity index (χ1) is 9.67. The first-order valence-electron chi connectivity index (χ1n) is 8.21. The summed E-state index contributed by atoms with van der Waals surface area (Å²) >= 11 is 0. The molecule has 1 heterocycles. The summed E-state index contributed by atoms with van der Waals surface area (Å²) in [5.41, 5.74) is 2.90. The van der Waals surface area contributed by atoms with Gasteiger partial charge in [-0.1, -0.05) is 45.0 Å². The molecule has 1 aromatic carbocycles. The van der Waals surface area contributed by atoms with Crippen LogP contribution in [0, 0.1) is 5.92 Å². The summed E-state index contributed by atoms with van der Waals surface area (Å²) in [5, 5.41) is 3.57. The van der Waals surface area contributed by atoms with E-state index in [1.165, 1.54) is 43.6 Å². The standard InChI is InChI=1S/C18H30N2/c1-4-16-5-7-18(8-6-16)14-20-11-9-17(10-12-20)13-19-15(2)3/h5-8,15,17,19H,4,9-14H2,1-3H3. The van der Waals surface area contributed by atoms with Crippen molar-refractivity contribution in [1.82, 2.24) is 10.2 Å². The summed E-state index contributed by atoms with van der Waals surface area (Å²) < 4.78 is 0. The van der Waals surface area contributed by atoms with Crippen molar-refractivity contribution >= 4 is 0 Å². The summed E-state index contributed by atoms with van der Waals surface area (Å²) in [7, 11) is 0. The molecule has 112 valence electrons. The average Bonchev–Trinajstić information content (AvgIpc) is 2.47. The van der Waals surface area contributed by atoms with E-state index in [1.54, 1.807) is 0 Å². The van der Waals surface area contributed by atoms with E-state index in [2.05, 4.69) is 55.3 Å². The number of piperidine rings is 1. The lowest BCUT2D eigenvalue weighted by Gasteiger charge is -2.32. The Morgan fingerprint density at radius 2 is 1.70 bits per heavy atom. The van der Waals surface area contributed by atoms with Crippen LogP contribution >= 0.6 is 0 Å². The van der Waals surface area contributed by atoms with Gasteiger partial charge in [-0.15, -0.1) is 0 Å². The zero-order valence-corrected chi connectivity index (χ0v) is 13.4. The van der Waals surface area contributed by atoms with Gasteiger partial charge in [-0.3, -0.25) is 4.90 Å². The molecule has 0 bridgehead atoms. The predicted molar refractivity (Wildman–Crippen MR) is 87.0 cm³/mol. The summed E-state index contributed by atoms with van der Waals surface area (Å²) in [4.78, 5) is 2.60. The Kier molecular flexibility index (Phi) is 6.06. The van der Waals surface area contributed by atoms with E-state index in [0.717, 1.165) is 18.9 Å². The quantitative estimate of drug-likeness (QED) is 0.854. The minimum Gasteiger partial charge on any atom is -0.314 e. The zero-order chi connectivity index (χ0) is 14.4. The second-order valence-electron chi connectivity index (χ2n) is 6.45. The van der Waals surface area contributed by atoms with E-state index in [0.29, 0.717) is 6.04 Å². The lowest BCUT2D eigenvalue weighted by molar-refractivity contribution is 0.174. The Labute approximate surface area is 124 Å². The molecule has 1 N–H and O–H groups in total. The number of likely N-dealkylation sites (tertiary alicyclic amines) is 1. The molecule has 1 aromatic rings. The number of hydrogen-bond acceptors (Lipinski definition) is 2. The smallest absolute Gasteiger partial charge is 0.0233 e. The van der Waals surface area contributed by atoms with Crippen LogP contribution in [0.3, 0.4) is 0 Å². The monoisotopic (exact) mass is 274 g/mol. The van der Waals surface area contributed by atoms with Gasteiger partial charge in [-0.2, -0.15) is 0 Å². The van der Waals surface area contributed by atoms with Crippen LogP contribution in [-0.4, -0.2) is 30.6 Å². The first kappa shape index (κ1) is 15.5. The largest absolute Gasteiger partial charge is 0.314 e. The second-order valence-corrected chi connectivity index (χ2v) is 6.45. The number of rotatable bonds is 6. The van der Waals surface area contributed by atoms with Gasteiger partial charge in [0.15, 0.2) is 0 Å². The minimum atomic E-state index is 0.616. The van der Waals surface area contributed by atoms with E-state index in [4.69, 9.17) is 0 Å². The Bertz CT molecular complexity index is 375. The first-order valence-corrected chi connectivity index (χ1v) is 8.21. The molecule has 0 aliphatic carbocycles. The van der Waals surface area contributed by atoms with Crippen LogP contribution in [0.4, 0.5) is 0 Å². The van der Waals surface area contributed by atoms with E-state index in [9.17, 15) is 0 Å². The van der Waals surface area contributed by atoms with Crippen molar-refractivity contribution in [3.8, 4) is 0 Å². The SMILES string of the molecule is CCc1ccc(CN2CCC(CNC(C)C)CC2)cc1. The number of nitrogens with zero attached hydrogens (tertiary/aromatic N) is 1. The highest BCUT2D eigenvalue weighted by atomic mass is 15.1. The number of benzene rings is 1. The van der Waals surface area contributed by atoms with Gasteiger partial charge >= 0.3 is 0 Å². The van der Waals surface area contributed by atoms with Crippen LogP contribution in [0.15, 0.2) is 24.3 Å². The molecule has 1 aliphatic rings. The molecule has 20 heavy (non-hydrogen) atoms. The summed E-state index contributed by atoms with van der Waals surface area (Å²) in [6, 6.07) is 9.75. The normalized spacial score (nSPS) is 17.8. The molecule has 2 heteroatoms. The van der Waals surface area contributed by atoms with E-state index < -0.39 is 0 Å². The van der Waals surface area contributed by atoms with Crippen molar-refractivity contribution in [1.29, 1.82) is 0 Å². The Balaban J connectivity index is 1.73. The van der Waals surface area contributed by atoms with Gasteiger partial charge in [0.25, 0.3) is 0 Å². The molecular weight excluding hydrogens is 244 g/mol. The van der Waals surface area contributed by atoms with E-state index >= 15 is 0 Å². The van der Waals surface area contributed by atoms with Crippen LogP contribution in [0.1, 0.15) is 44.7 Å². The fourth-order valence-corrected chi connectivity index (χ4v) is 2.89. The van der Waals surface area contributed by atoms with Gasteiger partial charge in [-0.25, -0.2) is 0 Å². The maximum atomic E-state index is 3.57. The molecule has 1 fully saturated rings. The highest BCUT2D eigenvalue weighted by molar-refractivity contribution is 5.22. The van der Waals surface area contributed by atoms with Gasteiger partial charge in [-0.05, 0) is 55.9 Å². The van der Waals surface area contributed by atoms with Crippen molar-refractivity contribution in [2.45, 2.75) is 52.6 Å². The number of aryl methyl sites for hydroxylation is 1. The third kappa shape index (κ3) is 4.92. The molecule has 2 nitrogen and oxygen atoms in total. The number of hydrogen-bond donors (Lipinski definition) is 1. The van der Waals surface area contributed by atoms with Crippen molar-refractivity contribution in [2.75, 3.05) is 19.6 Å². The van der Waals surface area contributed by atoms with Crippen LogP contribution in [-0.2, 0) is 13.0 Å². The minimum absolute atomic E-state index is 0.616. The van der Waals surface area contributed by atoms with Gasteiger partial charge in [0, 0.05) is 12.6 Å². The molecule has 0 amide bonds. The lowest BCUT2D eigenvalue weighted by Crippen LogP contribution is -2.38. The van der Waals surface area contributed by atoms with Gasteiger partial charge < -0.3 is 5.32 Å². The predicted octanol–water partition coefficient (Wildman–Crippen LogP) is 3.46. The summed E-state index contributed by atoms with van der Waals surface area (Å²) in [6.45, 7) is 11.5. The Morgan fingerprint density at radius 1 is 1.10 bits per heavy atom. The highest BCUT2D eigenvalue weighted by Crippen LogP contribution is 2.18. The summed E-state index contributed by atoms with van der Waals surface area (Å²) in [6.07, 6.45) is 3.81. The van der Waals surface area contributed by atoms with Crippen LogP contribution < -0.4 is 5.32 Å². The van der Waals surface area contributed by atoms with Gasteiger partial charge in [0.05, 0.1) is 0 Å². The fourth-order valence-electron chi connectivity index (χ4n) is 2.89. The highest BCUT2D eigenvalue weighted by Gasteiger charge is 2.19. The Morgan fingerprint density at radius 3 is 2.25 bits per heavy atom. The molecule has 0 saturated carbocycles. The molecular formula is C18H30N2. The average molecular weight is 274 g/mol. The van der Waals surface area contributed by atoms with Crippen molar-refractivity contribution in [3.05, 3.63) is 35.4 Å². The molecule has 1 saturated heterocycles. The molecule has 0 radical (unpaired) electrons. The maximum Gasteiger partial charge on any atom is 0.0233 e. The molecule has 2 rings (SSSR count).